The van der Waals surface area contributed by atoms with Crippen molar-refractivity contribution < 1.29 is 17.9 Å². The van der Waals surface area contributed by atoms with Gasteiger partial charge in [-0.15, -0.1) is 0 Å². The summed E-state index contributed by atoms with van der Waals surface area (Å²) in [5.41, 5.74) is 1.04. The van der Waals surface area contributed by atoms with Crippen LogP contribution in [0.1, 0.15) is 18.4 Å². The predicted octanol–water partition coefficient (Wildman–Crippen LogP) is 2.30. The van der Waals surface area contributed by atoms with Gasteiger partial charge in [0.05, 0.1) is 18.1 Å². The van der Waals surface area contributed by atoms with E-state index < -0.39 is 10.0 Å². The van der Waals surface area contributed by atoms with Crippen LogP contribution in [0.3, 0.4) is 0 Å². The number of hydrogen-bond donors (Lipinski definition) is 1. The molecule has 120 valence electrons. The second-order valence-electron chi connectivity index (χ2n) is 4.49. The molecule has 1 N–H and O–H groups in total. The van der Waals surface area contributed by atoms with Gasteiger partial charge < -0.3 is 9.47 Å². The first-order chi connectivity index (χ1) is 10.1. The molecular formula is C14H22BrNO4S. The maximum atomic E-state index is 12.0. The van der Waals surface area contributed by atoms with Crippen LogP contribution in [0.5, 0.6) is 0 Å². The molecule has 0 bridgehead atoms. The Morgan fingerprint density at radius 2 is 1.81 bits per heavy atom. The maximum Gasteiger partial charge on any atom is 0.240 e. The third-order valence-corrected chi connectivity index (χ3v) is 4.95. The lowest BCUT2D eigenvalue weighted by Gasteiger charge is -2.07. The molecule has 0 spiro atoms. The summed E-state index contributed by atoms with van der Waals surface area (Å²) in [6, 6.07) is 6.83. The van der Waals surface area contributed by atoms with Gasteiger partial charge in [0.2, 0.25) is 10.0 Å². The van der Waals surface area contributed by atoms with Gasteiger partial charge in [0.1, 0.15) is 0 Å². The Balaban J connectivity index is 2.26. The highest BCUT2D eigenvalue weighted by atomic mass is 79.9. The summed E-state index contributed by atoms with van der Waals surface area (Å²) in [5, 5.41) is 0.712. The molecule has 0 fully saturated rings. The van der Waals surface area contributed by atoms with Crippen LogP contribution in [0.25, 0.3) is 0 Å². The number of benzene rings is 1. The van der Waals surface area contributed by atoms with E-state index in [0.717, 1.165) is 18.4 Å². The largest absolute Gasteiger partial charge is 0.382 e. The highest BCUT2D eigenvalue weighted by molar-refractivity contribution is 9.08. The Morgan fingerprint density at radius 1 is 1.10 bits per heavy atom. The van der Waals surface area contributed by atoms with E-state index in [-0.39, 0.29) is 0 Å². The van der Waals surface area contributed by atoms with Gasteiger partial charge in [-0.1, -0.05) is 28.1 Å². The van der Waals surface area contributed by atoms with Crippen molar-refractivity contribution in [1.29, 1.82) is 0 Å². The number of ether oxygens (including phenoxy) is 2. The van der Waals surface area contributed by atoms with Crippen molar-refractivity contribution in [2.75, 3.05) is 33.5 Å². The normalized spacial score (nSPS) is 11.7. The van der Waals surface area contributed by atoms with E-state index in [1.54, 1.807) is 31.4 Å². The van der Waals surface area contributed by atoms with E-state index in [2.05, 4.69) is 20.7 Å². The minimum absolute atomic E-state index is 0.295. The molecule has 0 saturated carbocycles. The molecule has 0 unspecified atom stereocenters. The molecule has 0 aliphatic rings. The van der Waals surface area contributed by atoms with Crippen LogP contribution >= 0.6 is 15.9 Å². The molecule has 1 aromatic rings. The summed E-state index contributed by atoms with van der Waals surface area (Å²) in [5.74, 6) is 0. The third kappa shape index (κ3) is 7.37. The Morgan fingerprint density at radius 3 is 2.43 bits per heavy atom. The molecule has 0 saturated heterocycles. The van der Waals surface area contributed by atoms with Gasteiger partial charge in [-0.25, -0.2) is 13.1 Å². The van der Waals surface area contributed by atoms with Gasteiger partial charge in [0.15, 0.2) is 0 Å². The molecule has 1 rings (SSSR count). The standard InChI is InChI=1S/C14H22BrNO4S/c1-19-10-11-20-9-3-2-8-16-21(17,18)14-6-4-13(12-15)5-7-14/h4-7,16H,2-3,8-12H2,1H3. The van der Waals surface area contributed by atoms with E-state index in [0.29, 0.717) is 36.6 Å². The van der Waals surface area contributed by atoms with Crippen LogP contribution in [0, 0.1) is 0 Å². The zero-order chi connectivity index (χ0) is 15.6. The van der Waals surface area contributed by atoms with Crippen LogP contribution in [0.2, 0.25) is 0 Å². The van der Waals surface area contributed by atoms with E-state index >= 15 is 0 Å². The SMILES string of the molecule is COCCOCCCCNS(=O)(=O)c1ccc(CBr)cc1. The Bertz CT molecular complexity index is 490. The Labute approximate surface area is 135 Å². The summed E-state index contributed by atoms with van der Waals surface area (Å²) in [4.78, 5) is 0.295. The first-order valence-electron chi connectivity index (χ1n) is 6.81. The summed E-state index contributed by atoms with van der Waals surface area (Å²) in [6.07, 6.45) is 1.56. The molecule has 0 heterocycles. The quantitative estimate of drug-likeness (QED) is 0.473. The number of nitrogens with one attached hydrogen (secondary N) is 1. The first kappa shape index (κ1) is 18.6. The number of halogens is 1. The zero-order valence-corrected chi connectivity index (χ0v) is 14.6. The highest BCUT2D eigenvalue weighted by Gasteiger charge is 2.12. The zero-order valence-electron chi connectivity index (χ0n) is 12.2. The fourth-order valence-corrected chi connectivity index (χ4v) is 3.07. The molecule has 1 aromatic carbocycles. The van der Waals surface area contributed by atoms with Gasteiger partial charge in [-0.3, -0.25) is 0 Å². The average Bonchev–Trinajstić information content (AvgIpc) is 2.50. The fraction of sp³-hybridized carbons (Fsp3) is 0.571. The van der Waals surface area contributed by atoms with Crippen molar-refractivity contribution in [2.45, 2.75) is 23.1 Å². The van der Waals surface area contributed by atoms with Crippen molar-refractivity contribution in [2.24, 2.45) is 0 Å². The summed E-state index contributed by atoms with van der Waals surface area (Å²) in [6.45, 7) is 2.18. The molecule has 7 heteroatoms. The molecule has 0 atom stereocenters. The van der Waals surface area contributed by atoms with Crippen LogP contribution in [-0.2, 0) is 24.8 Å². The summed E-state index contributed by atoms with van der Waals surface area (Å²) < 4.78 is 36.8. The number of hydrogen-bond acceptors (Lipinski definition) is 4. The monoisotopic (exact) mass is 379 g/mol. The number of alkyl halides is 1. The average molecular weight is 380 g/mol. The van der Waals surface area contributed by atoms with Crippen molar-refractivity contribution in [3.05, 3.63) is 29.8 Å². The lowest BCUT2D eigenvalue weighted by Crippen LogP contribution is -2.25. The minimum Gasteiger partial charge on any atom is -0.382 e. The van der Waals surface area contributed by atoms with E-state index in [1.807, 2.05) is 0 Å². The predicted molar refractivity (Wildman–Crippen MR) is 86.2 cm³/mol. The van der Waals surface area contributed by atoms with Gasteiger partial charge in [-0.05, 0) is 30.5 Å². The third-order valence-electron chi connectivity index (χ3n) is 2.83. The molecule has 0 aliphatic carbocycles. The molecule has 0 aromatic heterocycles. The second-order valence-corrected chi connectivity index (χ2v) is 6.82. The van der Waals surface area contributed by atoms with Crippen LogP contribution in [-0.4, -0.2) is 41.9 Å². The van der Waals surface area contributed by atoms with Crippen LogP contribution < -0.4 is 4.72 Å². The number of sulfonamides is 1. The summed E-state index contributed by atoms with van der Waals surface area (Å²) in [7, 11) is -1.79. The molecule has 0 amide bonds. The molecule has 5 nitrogen and oxygen atoms in total. The van der Waals surface area contributed by atoms with E-state index in [1.165, 1.54) is 0 Å². The fourth-order valence-electron chi connectivity index (χ4n) is 1.62. The van der Waals surface area contributed by atoms with E-state index in [4.69, 9.17) is 9.47 Å². The lowest BCUT2D eigenvalue weighted by atomic mass is 10.2. The van der Waals surface area contributed by atoms with Crippen molar-refractivity contribution in [3.8, 4) is 0 Å². The molecular weight excluding hydrogens is 358 g/mol. The van der Waals surface area contributed by atoms with Crippen LogP contribution in [0.4, 0.5) is 0 Å². The van der Waals surface area contributed by atoms with E-state index in [9.17, 15) is 8.42 Å². The van der Waals surface area contributed by atoms with Crippen molar-refractivity contribution in [1.82, 2.24) is 4.72 Å². The van der Waals surface area contributed by atoms with Gasteiger partial charge in [0.25, 0.3) is 0 Å². The Hall–Kier alpha value is -0.470. The maximum absolute atomic E-state index is 12.0. The lowest BCUT2D eigenvalue weighted by molar-refractivity contribution is 0.0689. The Kier molecular flexibility index (Phi) is 9.10. The smallest absolute Gasteiger partial charge is 0.240 e. The second kappa shape index (κ2) is 10.3. The van der Waals surface area contributed by atoms with Crippen molar-refractivity contribution in [3.63, 3.8) is 0 Å². The first-order valence-corrected chi connectivity index (χ1v) is 9.42. The van der Waals surface area contributed by atoms with Crippen LogP contribution in [0.15, 0.2) is 29.2 Å². The van der Waals surface area contributed by atoms with Gasteiger partial charge >= 0.3 is 0 Å². The number of unbranched alkanes of at least 4 members (excludes halogenated alkanes) is 1. The number of rotatable bonds is 11. The molecule has 0 aliphatic heterocycles. The molecule has 21 heavy (non-hydrogen) atoms. The van der Waals surface area contributed by atoms with Crippen molar-refractivity contribution >= 4 is 26.0 Å². The topological polar surface area (TPSA) is 64.6 Å². The van der Waals surface area contributed by atoms with Gasteiger partial charge in [0, 0.05) is 25.6 Å². The number of methoxy groups -OCH3 is 1. The highest BCUT2D eigenvalue weighted by Crippen LogP contribution is 2.12. The van der Waals surface area contributed by atoms with Gasteiger partial charge in [-0.2, -0.15) is 0 Å². The summed E-state index contributed by atoms with van der Waals surface area (Å²) >= 11 is 3.33. The molecule has 0 radical (unpaired) electrons. The minimum atomic E-state index is -3.41.